The molecule has 0 atom stereocenters. The quantitative estimate of drug-likeness (QED) is 0.0269. The summed E-state index contributed by atoms with van der Waals surface area (Å²) in [6.07, 6.45) is 23.5. The van der Waals surface area contributed by atoms with E-state index in [9.17, 15) is 19.2 Å². The van der Waals surface area contributed by atoms with Crippen LogP contribution >= 0.6 is 21.6 Å². The average Bonchev–Trinajstić information content (AvgIpc) is 3.65. The molecule has 1 heterocycles. The number of esters is 3. The van der Waals surface area contributed by atoms with E-state index in [-0.39, 0.29) is 42.9 Å². The Bertz CT molecular complexity index is 1180. The molecule has 1 rings (SSSR count). The molecule has 336 valence electrons. The van der Waals surface area contributed by atoms with Gasteiger partial charge in [-0.05, 0) is 84.8 Å². The van der Waals surface area contributed by atoms with Crippen LogP contribution < -0.4 is 0 Å². The summed E-state index contributed by atoms with van der Waals surface area (Å²) in [7, 11) is 7.49. The smallest absolute Gasteiger partial charge is 0.307 e. The molecular formula is C44H81N5O7S2. The topological polar surface area (TPSA) is 133 Å². The predicted octanol–water partition coefficient (Wildman–Crippen LogP) is 9.62. The molecule has 0 N–H and O–H groups in total. The largest absolute Gasteiger partial charge is 0.466 e. The van der Waals surface area contributed by atoms with Crippen LogP contribution in [0.5, 0.6) is 0 Å². The van der Waals surface area contributed by atoms with Gasteiger partial charge in [0.15, 0.2) is 0 Å². The number of amides is 1. The standard InChI is InChI=1S/C44H81N5O7S2/c1-6-9-12-13-19-34-54-42(51)27-21-37-58-57-36-20-25-41(50)48(31-22-30-47(4)5)33-28-43(52)55-35-29-39-38-49(46-45-39)32-18-14-17-26-44(53)56-40(23-15-10-7-2)24-16-11-8-3/h38,40H,6-37H2,1-5H3. The molecule has 1 aromatic heterocycles. The second-order valence-electron chi connectivity index (χ2n) is 15.6. The van der Waals surface area contributed by atoms with Crippen LogP contribution in [0.15, 0.2) is 6.20 Å². The Hall–Kier alpha value is -2.32. The number of hydrogen-bond acceptors (Lipinski definition) is 12. The van der Waals surface area contributed by atoms with Crippen LogP contribution in [0.4, 0.5) is 0 Å². The lowest BCUT2D eigenvalue weighted by atomic mass is 10.0. The first-order valence-corrected chi connectivity index (χ1v) is 25.2. The predicted molar refractivity (Wildman–Crippen MR) is 239 cm³/mol. The first-order chi connectivity index (χ1) is 28.2. The molecule has 0 unspecified atom stereocenters. The molecule has 1 amide bonds. The zero-order valence-corrected chi connectivity index (χ0v) is 38.8. The van der Waals surface area contributed by atoms with Crippen LogP contribution in [-0.2, 0) is 46.4 Å². The van der Waals surface area contributed by atoms with Crippen molar-refractivity contribution in [3.63, 3.8) is 0 Å². The number of carbonyl (C=O) groups excluding carboxylic acids is 4. The van der Waals surface area contributed by atoms with Gasteiger partial charge in [0.25, 0.3) is 0 Å². The highest BCUT2D eigenvalue weighted by Crippen LogP contribution is 2.24. The van der Waals surface area contributed by atoms with Gasteiger partial charge >= 0.3 is 17.9 Å². The number of hydrogen-bond donors (Lipinski definition) is 0. The molecule has 0 bridgehead atoms. The fraction of sp³-hybridized carbons (Fsp3) is 0.864. The molecule has 0 aliphatic carbocycles. The number of aromatic nitrogens is 3. The van der Waals surface area contributed by atoms with Crippen molar-refractivity contribution in [1.29, 1.82) is 0 Å². The summed E-state index contributed by atoms with van der Waals surface area (Å²) in [5.41, 5.74) is 0.760. The highest BCUT2D eigenvalue weighted by atomic mass is 33.1. The fourth-order valence-corrected chi connectivity index (χ4v) is 8.51. The summed E-state index contributed by atoms with van der Waals surface area (Å²) < 4.78 is 18.5. The van der Waals surface area contributed by atoms with Crippen LogP contribution in [0.3, 0.4) is 0 Å². The van der Waals surface area contributed by atoms with Crippen molar-refractivity contribution in [3.8, 4) is 0 Å². The molecule has 0 aliphatic rings. The lowest BCUT2D eigenvalue weighted by Crippen LogP contribution is -2.35. The Morgan fingerprint density at radius 3 is 1.93 bits per heavy atom. The number of carbonyl (C=O) groups is 4. The maximum atomic E-state index is 13.1. The summed E-state index contributed by atoms with van der Waals surface area (Å²) >= 11 is 0. The second kappa shape index (κ2) is 37.7. The molecule has 0 radical (unpaired) electrons. The van der Waals surface area contributed by atoms with Gasteiger partial charge in [0.1, 0.15) is 6.10 Å². The van der Waals surface area contributed by atoms with Crippen LogP contribution in [0.1, 0.15) is 174 Å². The third kappa shape index (κ3) is 31.6. The minimum atomic E-state index is -0.327. The lowest BCUT2D eigenvalue weighted by molar-refractivity contribution is -0.150. The maximum Gasteiger partial charge on any atom is 0.307 e. The van der Waals surface area contributed by atoms with Gasteiger partial charge in [-0.15, -0.1) is 5.10 Å². The molecule has 12 nitrogen and oxygen atoms in total. The first kappa shape index (κ1) is 53.7. The number of ether oxygens (including phenoxy) is 3. The van der Waals surface area contributed by atoms with E-state index in [2.05, 4.69) is 36.0 Å². The van der Waals surface area contributed by atoms with Crippen LogP contribution in [-0.4, -0.2) is 113 Å². The highest BCUT2D eigenvalue weighted by molar-refractivity contribution is 8.76. The van der Waals surface area contributed by atoms with Crippen molar-refractivity contribution in [2.24, 2.45) is 0 Å². The van der Waals surface area contributed by atoms with Gasteiger partial charge in [-0.1, -0.05) is 105 Å². The van der Waals surface area contributed by atoms with E-state index in [0.717, 1.165) is 101 Å². The number of rotatable bonds is 40. The number of unbranched alkanes of at least 4 members (excludes halogenated alkanes) is 10. The summed E-state index contributed by atoms with van der Waals surface area (Å²) in [5, 5.41) is 8.45. The van der Waals surface area contributed by atoms with Crippen molar-refractivity contribution in [2.45, 2.75) is 188 Å². The van der Waals surface area contributed by atoms with Gasteiger partial charge in [-0.2, -0.15) is 0 Å². The van der Waals surface area contributed by atoms with Gasteiger partial charge in [-0.25, -0.2) is 0 Å². The summed E-state index contributed by atoms with van der Waals surface area (Å²) in [5.74, 6) is 1.28. The lowest BCUT2D eigenvalue weighted by Gasteiger charge is -2.23. The molecule has 0 saturated heterocycles. The average molecular weight is 856 g/mol. The Balaban J connectivity index is 2.27. The normalized spacial score (nSPS) is 11.4. The minimum Gasteiger partial charge on any atom is -0.466 e. The molecule has 0 aromatic carbocycles. The molecule has 1 aromatic rings. The highest BCUT2D eigenvalue weighted by Gasteiger charge is 2.17. The van der Waals surface area contributed by atoms with E-state index in [1.165, 1.54) is 44.9 Å². The molecule has 0 saturated carbocycles. The zero-order chi connectivity index (χ0) is 42.5. The van der Waals surface area contributed by atoms with Gasteiger partial charge in [0.2, 0.25) is 5.91 Å². The Labute approximate surface area is 360 Å². The van der Waals surface area contributed by atoms with Gasteiger partial charge < -0.3 is 24.0 Å². The number of aryl methyl sites for hydroxylation is 1. The van der Waals surface area contributed by atoms with E-state index in [4.69, 9.17) is 14.2 Å². The second-order valence-corrected chi connectivity index (χ2v) is 18.3. The SMILES string of the molecule is CCCCCCCOC(=O)CCCSSCCCC(=O)N(CCCN(C)C)CCC(=O)OCCc1cn(CCCCCC(=O)OC(CCCCC)CCCCC)nn1. The monoisotopic (exact) mass is 856 g/mol. The van der Waals surface area contributed by atoms with E-state index in [1.54, 1.807) is 31.2 Å². The molecule has 0 fully saturated rings. The first-order valence-electron chi connectivity index (χ1n) is 22.7. The zero-order valence-electron chi connectivity index (χ0n) is 37.2. The van der Waals surface area contributed by atoms with Crippen molar-refractivity contribution >= 4 is 45.4 Å². The van der Waals surface area contributed by atoms with Crippen LogP contribution in [0.25, 0.3) is 0 Å². The Morgan fingerprint density at radius 2 is 1.24 bits per heavy atom. The van der Waals surface area contributed by atoms with E-state index in [1.807, 2.05) is 20.3 Å². The summed E-state index contributed by atoms with van der Waals surface area (Å²) in [6, 6.07) is 0. The third-order valence-corrected chi connectivity index (χ3v) is 12.4. The number of nitrogens with zero attached hydrogens (tertiary/aromatic N) is 5. The van der Waals surface area contributed by atoms with Crippen molar-refractivity contribution in [2.75, 3.05) is 58.4 Å². The molecule has 0 spiro atoms. The fourth-order valence-electron chi connectivity index (χ4n) is 6.34. The summed E-state index contributed by atoms with van der Waals surface area (Å²) in [4.78, 5) is 54.0. The van der Waals surface area contributed by atoms with Crippen molar-refractivity contribution in [1.82, 2.24) is 24.8 Å². The maximum absolute atomic E-state index is 13.1. The Kier molecular flexibility index (Phi) is 34.9. The third-order valence-electron chi connectivity index (χ3n) is 9.83. The molecule has 0 aliphatic heterocycles. The molecule has 58 heavy (non-hydrogen) atoms. The van der Waals surface area contributed by atoms with Gasteiger partial charge in [-0.3, -0.25) is 23.9 Å². The van der Waals surface area contributed by atoms with Gasteiger partial charge in [0, 0.05) is 63.0 Å². The van der Waals surface area contributed by atoms with E-state index >= 15 is 0 Å². The molecule has 14 heteroatoms. The Morgan fingerprint density at radius 1 is 0.638 bits per heavy atom. The minimum absolute atomic E-state index is 0.0578. The van der Waals surface area contributed by atoms with E-state index < -0.39 is 0 Å². The van der Waals surface area contributed by atoms with Crippen molar-refractivity contribution < 1.29 is 33.4 Å². The van der Waals surface area contributed by atoms with Crippen LogP contribution in [0.2, 0.25) is 0 Å². The van der Waals surface area contributed by atoms with E-state index in [0.29, 0.717) is 51.9 Å². The molecular weight excluding hydrogens is 775 g/mol. The van der Waals surface area contributed by atoms with Crippen LogP contribution in [0, 0.1) is 0 Å². The van der Waals surface area contributed by atoms with Crippen molar-refractivity contribution in [3.05, 3.63) is 11.9 Å². The van der Waals surface area contributed by atoms with Gasteiger partial charge in [0.05, 0.1) is 25.3 Å². The summed E-state index contributed by atoms with van der Waals surface area (Å²) in [6.45, 7) is 9.84.